The minimum absolute atomic E-state index is 0.0324. The van der Waals surface area contributed by atoms with Crippen LogP contribution in [-0.4, -0.2) is 84.2 Å². The number of aromatic amines is 1. The van der Waals surface area contributed by atoms with E-state index in [-0.39, 0.29) is 23.4 Å². The summed E-state index contributed by atoms with van der Waals surface area (Å²) < 4.78 is 60.2. The summed E-state index contributed by atoms with van der Waals surface area (Å²) in [5.41, 5.74) is 2.45. The lowest BCUT2D eigenvalue weighted by molar-refractivity contribution is -0.142. The predicted octanol–water partition coefficient (Wildman–Crippen LogP) is 11.0. The molecule has 15 nitrogen and oxygen atoms in total. The van der Waals surface area contributed by atoms with E-state index >= 15 is 0 Å². The Bertz CT molecular complexity index is 2380. The van der Waals surface area contributed by atoms with Crippen LogP contribution in [0.5, 0.6) is 11.5 Å². The Hall–Kier alpha value is -6.69. The molecular weight excluding hydrogens is 882 g/mol. The van der Waals surface area contributed by atoms with Crippen LogP contribution in [0.25, 0.3) is 28.2 Å². The molecule has 68 heavy (non-hydrogen) atoms. The summed E-state index contributed by atoms with van der Waals surface area (Å²) in [6, 6.07) is 13.7. The molecule has 1 aliphatic heterocycles. The van der Waals surface area contributed by atoms with Gasteiger partial charge >= 0.3 is 18.2 Å². The number of hydrogen-bond acceptors (Lipinski definition) is 12. The molecule has 5 aromatic rings. The largest absolute Gasteiger partial charge is 0.497 e. The summed E-state index contributed by atoms with van der Waals surface area (Å²) >= 11 is 0. The molecule has 1 atom stereocenters. The molecule has 0 aliphatic carbocycles. The van der Waals surface area contributed by atoms with Gasteiger partial charge in [-0.05, 0) is 95.8 Å². The zero-order chi connectivity index (χ0) is 50.3. The Morgan fingerprint density at radius 1 is 0.897 bits per heavy atom. The third-order valence-corrected chi connectivity index (χ3v) is 9.87. The van der Waals surface area contributed by atoms with Crippen LogP contribution in [0.4, 0.5) is 29.6 Å². The standard InChI is InChI=1S/C40H44F3N7O5.C6H11NO2.2C2H6/c1-39(2,3)55-38(52)45-19-10-8-6-7-9-11-28-24-47-36(46-23-27-16-17-30(53-4)22-31(27)54-5)33-34(49-50-35(28)33)25-12-14-26(15-13-25)37(51)48-32-21-29(18-20-44-32)40(41,42)43;1-9-6(8)5-3-2-4-7-5;2*1-2/h9,11-18,20-22,24H,6-8,10,19,23H2,1-5H3,(H,45,52)(H,46,47)(H,49,50)(H,44,48,51);5,7H,2-4H2,1H3;2*1-2H3/b11-9+;;;. The van der Waals surface area contributed by atoms with Gasteiger partial charge < -0.3 is 40.2 Å². The highest BCUT2D eigenvalue weighted by Gasteiger charge is 2.31. The second-order valence-corrected chi connectivity index (χ2v) is 15.7. The van der Waals surface area contributed by atoms with E-state index in [0.29, 0.717) is 52.6 Å². The van der Waals surface area contributed by atoms with Crippen molar-refractivity contribution in [2.45, 2.75) is 111 Å². The van der Waals surface area contributed by atoms with Gasteiger partial charge in [-0.1, -0.05) is 58.4 Å². The minimum atomic E-state index is -4.57. The molecule has 18 heteroatoms. The molecule has 0 bridgehead atoms. The molecule has 0 spiro atoms. The second-order valence-electron chi connectivity index (χ2n) is 15.7. The highest BCUT2D eigenvalue weighted by molar-refractivity contribution is 6.06. The van der Waals surface area contributed by atoms with Gasteiger partial charge in [0.2, 0.25) is 0 Å². The lowest BCUT2D eigenvalue weighted by atomic mass is 10.0. The molecule has 4 heterocycles. The number of amides is 2. The van der Waals surface area contributed by atoms with E-state index in [1.54, 1.807) is 50.7 Å². The monoisotopic (exact) mass is 949 g/mol. The van der Waals surface area contributed by atoms with Crippen LogP contribution in [0.3, 0.4) is 0 Å². The summed E-state index contributed by atoms with van der Waals surface area (Å²) in [6.07, 6.45) is 7.27. The van der Waals surface area contributed by atoms with Crippen molar-refractivity contribution in [2.75, 3.05) is 45.1 Å². The van der Waals surface area contributed by atoms with Crippen LogP contribution in [-0.2, 0) is 27.0 Å². The first kappa shape index (κ1) is 55.6. The van der Waals surface area contributed by atoms with Gasteiger partial charge in [-0.25, -0.2) is 14.8 Å². The fourth-order valence-corrected chi connectivity index (χ4v) is 6.64. The van der Waals surface area contributed by atoms with E-state index in [2.05, 4.69) is 47.3 Å². The van der Waals surface area contributed by atoms with Crippen molar-refractivity contribution >= 4 is 46.6 Å². The zero-order valence-corrected chi connectivity index (χ0v) is 40.8. The van der Waals surface area contributed by atoms with Gasteiger partial charge in [0, 0.05) is 53.8 Å². The number of pyridine rings is 2. The SMILES string of the molecule is CC.CC.COC(=O)C1CCCN1.COc1ccc(CNc2ncc(/C=C/CCCCCNC(=O)OC(C)(C)C)c3n[nH]c(-c4ccc(C(=O)Nc5cc(C(F)(F)F)ccn5)cc4)c23)c(OC)c1. The van der Waals surface area contributed by atoms with E-state index in [1.807, 2.05) is 66.7 Å². The number of fused-ring (bicyclic) bond motifs is 1. The van der Waals surface area contributed by atoms with Crippen molar-refractivity contribution in [3.63, 3.8) is 0 Å². The van der Waals surface area contributed by atoms with Crippen molar-refractivity contribution in [1.29, 1.82) is 0 Å². The number of carbonyl (C=O) groups excluding carboxylic acids is 3. The van der Waals surface area contributed by atoms with Gasteiger partial charge in [0.05, 0.1) is 38.0 Å². The molecule has 2 amide bonds. The van der Waals surface area contributed by atoms with Crippen LogP contribution >= 0.6 is 0 Å². The fourth-order valence-electron chi connectivity index (χ4n) is 6.64. The number of esters is 1. The van der Waals surface area contributed by atoms with Crippen LogP contribution in [0.15, 0.2) is 73.1 Å². The molecule has 5 N–H and O–H groups in total. The Balaban J connectivity index is 0.000000826. The van der Waals surface area contributed by atoms with Crippen LogP contribution in [0, 0.1) is 0 Å². The number of alkyl carbamates (subject to hydrolysis) is 1. The van der Waals surface area contributed by atoms with Crippen molar-refractivity contribution in [3.8, 4) is 22.8 Å². The number of H-pyrrole nitrogens is 1. The molecular formula is C50H67F3N8O7. The van der Waals surface area contributed by atoms with Crippen molar-refractivity contribution in [1.82, 2.24) is 30.8 Å². The molecule has 6 rings (SSSR count). The number of rotatable bonds is 16. The highest BCUT2D eigenvalue weighted by atomic mass is 19.4. The minimum Gasteiger partial charge on any atom is -0.497 e. The van der Waals surface area contributed by atoms with Gasteiger partial charge in [-0.15, -0.1) is 0 Å². The number of hydrogen-bond donors (Lipinski definition) is 5. The topological polar surface area (TPSA) is 191 Å². The van der Waals surface area contributed by atoms with E-state index in [1.165, 1.54) is 7.11 Å². The third kappa shape index (κ3) is 17.2. The molecule has 1 fully saturated rings. The maximum atomic E-state index is 13.2. The van der Waals surface area contributed by atoms with Crippen LogP contribution < -0.4 is 30.7 Å². The molecule has 0 radical (unpaired) electrons. The lowest BCUT2D eigenvalue weighted by Gasteiger charge is -2.19. The average molecular weight is 949 g/mol. The van der Waals surface area contributed by atoms with Gasteiger partial charge in [0.25, 0.3) is 5.91 Å². The summed E-state index contributed by atoms with van der Waals surface area (Å²) in [7, 11) is 4.59. The van der Waals surface area contributed by atoms with Crippen molar-refractivity contribution in [3.05, 3.63) is 95.3 Å². The number of nitrogens with zero attached hydrogens (tertiary/aromatic N) is 3. The number of alkyl halides is 3. The first-order chi connectivity index (χ1) is 32.6. The molecule has 1 unspecified atom stereocenters. The summed E-state index contributed by atoms with van der Waals surface area (Å²) in [5.74, 6) is 0.905. The highest BCUT2D eigenvalue weighted by Crippen LogP contribution is 2.35. The van der Waals surface area contributed by atoms with E-state index in [0.717, 1.165) is 74.5 Å². The number of methoxy groups -OCH3 is 3. The quantitative estimate of drug-likeness (QED) is 0.0465. The number of aromatic nitrogens is 4. The number of nitrogens with one attached hydrogen (secondary N) is 5. The van der Waals surface area contributed by atoms with E-state index < -0.39 is 29.3 Å². The normalized spacial score (nSPS) is 13.2. The Morgan fingerprint density at radius 3 is 2.26 bits per heavy atom. The summed E-state index contributed by atoms with van der Waals surface area (Å²) in [4.78, 5) is 44.2. The number of anilines is 2. The van der Waals surface area contributed by atoms with Gasteiger partial charge in [0.1, 0.15) is 40.3 Å². The molecule has 3 aromatic heterocycles. The van der Waals surface area contributed by atoms with Crippen LogP contribution in [0.1, 0.15) is 114 Å². The Labute approximate surface area is 397 Å². The van der Waals surface area contributed by atoms with Gasteiger partial charge in [0.15, 0.2) is 0 Å². The second kappa shape index (κ2) is 27.8. The molecule has 2 aromatic carbocycles. The summed E-state index contributed by atoms with van der Waals surface area (Å²) in [6.45, 7) is 15.3. The first-order valence-electron chi connectivity index (χ1n) is 22.8. The Kier molecular flexibility index (Phi) is 22.8. The number of carbonyl (C=O) groups is 3. The molecule has 1 aliphatic rings. The predicted molar refractivity (Wildman–Crippen MR) is 261 cm³/mol. The first-order valence-corrected chi connectivity index (χ1v) is 22.8. The maximum absolute atomic E-state index is 13.2. The Morgan fingerprint density at radius 2 is 1.63 bits per heavy atom. The van der Waals surface area contributed by atoms with E-state index in [4.69, 9.17) is 19.2 Å². The number of allylic oxidation sites excluding steroid dienone is 1. The number of halogens is 3. The molecule has 1 saturated heterocycles. The summed E-state index contributed by atoms with van der Waals surface area (Å²) in [5, 5.41) is 20.2. The number of benzene rings is 2. The van der Waals surface area contributed by atoms with Crippen molar-refractivity contribution in [2.24, 2.45) is 0 Å². The smallest absolute Gasteiger partial charge is 0.416 e. The molecule has 370 valence electrons. The molecule has 0 saturated carbocycles. The fraction of sp³-hybridized carbons (Fsp3) is 0.440. The third-order valence-electron chi connectivity index (χ3n) is 9.87. The maximum Gasteiger partial charge on any atom is 0.416 e. The van der Waals surface area contributed by atoms with Crippen LogP contribution in [0.2, 0.25) is 0 Å². The average Bonchev–Trinajstić information content (AvgIpc) is 4.05. The number of unbranched alkanes of at least 4 members (excludes halogenated alkanes) is 3. The number of ether oxygens (including phenoxy) is 4. The van der Waals surface area contributed by atoms with Gasteiger partial charge in [-0.3, -0.25) is 14.7 Å². The van der Waals surface area contributed by atoms with E-state index in [9.17, 15) is 27.6 Å². The van der Waals surface area contributed by atoms with Crippen molar-refractivity contribution < 1.29 is 46.5 Å². The van der Waals surface area contributed by atoms with Gasteiger partial charge in [-0.2, -0.15) is 18.3 Å². The zero-order valence-electron chi connectivity index (χ0n) is 40.8. The lowest BCUT2D eigenvalue weighted by Crippen LogP contribution is -2.32.